The summed E-state index contributed by atoms with van der Waals surface area (Å²) in [5.74, 6) is -0.797. The molecule has 1 fully saturated rings. The van der Waals surface area contributed by atoms with Crippen LogP contribution in [0, 0.1) is 0 Å². The van der Waals surface area contributed by atoms with Crippen molar-refractivity contribution in [2.45, 2.75) is 38.1 Å². The number of carbonyl (C=O) groups is 2. The Morgan fingerprint density at radius 1 is 1.03 bits per heavy atom. The molecule has 1 saturated carbocycles. The number of hydrogen-bond acceptors (Lipinski definition) is 4. The number of fused-ring (bicyclic) bond motifs is 1. The topological polar surface area (TPSA) is 68.3 Å². The fourth-order valence-corrected chi connectivity index (χ4v) is 3.96. The van der Waals surface area contributed by atoms with E-state index in [9.17, 15) is 9.59 Å². The first-order chi connectivity index (χ1) is 14.6. The van der Waals surface area contributed by atoms with Crippen molar-refractivity contribution in [1.29, 1.82) is 0 Å². The van der Waals surface area contributed by atoms with Gasteiger partial charge in [-0.3, -0.25) is 4.79 Å². The van der Waals surface area contributed by atoms with Crippen LogP contribution >= 0.6 is 11.6 Å². The van der Waals surface area contributed by atoms with E-state index in [0.717, 1.165) is 31.2 Å². The standard InChI is InChI=1S/C24H23ClN2O3/c25-17-12-10-16(11-13-17)22-14-20(19-8-4-5-9-21(19)27-22)24(29)30-15-23(28)26-18-6-2-1-3-7-18/h4-5,8-14,18H,1-3,6-7,15H2,(H,26,28). The van der Waals surface area contributed by atoms with Crippen LogP contribution in [-0.4, -0.2) is 29.5 Å². The second-order valence-electron chi connectivity index (χ2n) is 7.56. The summed E-state index contributed by atoms with van der Waals surface area (Å²) >= 11 is 5.98. The van der Waals surface area contributed by atoms with Crippen LogP contribution in [0.2, 0.25) is 5.02 Å². The quantitative estimate of drug-likeness (QED) is 0.576. The summed E-state index contributed by atoms with van der Waals surface area (Å²) in [5.41, 5.74) is 2.55. The average Bonchev–Trinajstić information content (AvgIpc) is 2.78. The molecule has 1 N–H and O–H groups in total. The van der Waals surface area contributed by atoms with Gasteiger partial charge in [0.15, 0.2) is 6.61 Å². The number of esters is 1. The van der Waals surface area contributed by atoms with Gasteiger partial charge in [0.05, 0.1) is 16.8 Å². The Labute approximate surface area is 180 Å². The summed E-state index contributed by atoms with van der Waals surface area (Å²) in [6, 6.07) is 16.5. The fourth-order valence-electron chi connectivity index (χ4n) is 3.84. The van der Waals surface area contributed by atoms with Crippen LogP contribution < -0.4 is 5.32 Å². The van der Waals surface area contributed by atoms with Crippen LogP contribution in [0.1, 0.15) is 42.5 Å². The number of rotatable bonds is 5. The first-order valence-electron chi connectivity index (χ1n) is 10.2. The van der Waals surface area contributed by atoms with Gasteiger partial charge in [0.1, 0.15) is 0 Å². The summed E-state index contributed by atoms with van der Waals surface area (Å²) in [6.45, 7) is -0.289. The SMILES string of the molecule is O=C(COC(=O)c1cc(-c2ccc(Cl)cc2)nc2ccccc12)NC1CCCCC1. The molecule has 0 aliphatic heterocycles. The first-order valence-corrected chi connectivity index (χ1v) is 10.6. The van der Waals surface area contributed by atoms with Gasteiger partial charge in [-0.15, -0.1) is 0 Å². The zero-order valence-electron chi connectivity index (χ0n) is 16.6. The number of carbonyl (C=O) groups excluding carboxylic acids is 2. The van der Waals surface area contributed by atoms with Crippen molar-refractivity contribution in [3.8, 4) is 11.3 Å². The molecule has 6 heteroatoms. The monoisotopic (exact) mass is 422 g/mol. The van der Waals surface area contributed by atoms with Gasteiger partial charge in [0.25, 0.3) is 5.91 Å². The number of halogens is 1. The molecule has 30 heavy (non-hydrogen) atoms. The van der Waals surface area contributed by atoms with E-state index in [1.807, 2.05) is 36.4 Å². The van der Waals surface area contributed by atoms with Gasteiger partial charge >= 0.3 is 5.97 Å². The molecule has 1 aromatic heterocycles. The minimum Gasteiger partial charge on any atom is -0.452 e. The average molecular weight is 423 g/mol. The van der Waals surface area contributed by atoms with Crippen molar-refractivity contribution in [2.24, 2.45) is 0 Å². The van der Waals surface area contributed by atoms with Gasteiger partial charge < -0.3 is 10.1 Å². The molecule has 1 amide bonds. The van der Waals surface area contributed by atoms with Crippen LogP contribution in [-0.2, 0) is 9.53 Å². The molecule has 1 heterocycles. The van der Waals surface area contributed by atoms with Gasteiger partial charge in [-0.05, 0) is 37.1 Å². The summed E-state index contributed by atoms with van der Waals surface area (Å²) in [6.07, 6.45) is 5.44. The number of nitrogens with one attached hydrogen (secondary N) is 1. The number of ether oxygens (including phenoxy) is 1. The Balaban J connectivity index is 1.53. The molecule has 2 aromatic carbocycles. The Bertz CT molecular complexity index is 1060. The number of aromatic nitrogens is 1. The number of nitrogens with zero attached hydrogens (tertiary/aromatic N) is 1. The van der Waals surface area contributed by atoms with Gasteiger partial charge in [-0.1, -0.05) is 61.2 Å². The van der Waals surface area contributed by atoms with Crippen LogP contribution in [0.15, 0.2) is 54.6 Å². The van der Waals surface area contributed by atoms with E-state index in [4.69, 9.17) is 16.3 Å². The maximum atomic E-state index is 12.8. The second-order valence-corrected chi connectivity index (χ2v) is 7.99. The molecular weight excluding hydrogens is 400 g/mol. The maximum absolute atomic E-state index is 12.8. The lowest BCUT2D eigenvalue weighted by molar-refractivity contribution is -0.125. The Kier molecular flexibility index (Phi) is 6.29. The highest BCUT2D eigenvalue weighted by Crippen LogP contribution is 2.26. The normalized spacial score (nSPS) is 14.4. The van der Waals surface area contributed by atoms with Gasteiger partial charge in [0.2, 0.25) is 0 Å². The number of amides is 1. The summed E-state index contributed by atoms with van der Waals surface area (Å²) in [5, 5.41) is 4.28. The highest BCUT2D eigenvalue weighted by molar-refractivity contribution is 6.30. The number of hydrogen-bond donors (Lipinski definition) is 1. The van der Waals surface area contributed by atoms with Crippen LogP contribution in [0.25, 0.3) is 22.2 Å². The van der Waals surface area contributed by atoms with E-state index in [1.54, 1.807) is 18.2 Å². The zero-order valence-corrected chi connectivity index (χ0v) is 17.3. The molecular formula is C24H23ClN2O3. The predicted molar refractivity (Wildman–Crippen MR) is 117 cm³/mol. The third-order valence-electron chi connectivity index (χ3n) is 5.38. The number of para-hydroxylation sites is 1. The minimum absolute atomic E-state index is 0.184. The van der Waals surface area contributed by atoms with Crippen molar-refractivity contribution in [2.75, 3.05) is 6.61 Å². The summed E-state index contributed by atoms with van der Waals surface area (Å²) in [7, 11) is 0. The number of pyridine rings is 1. The molecule has 0 bridgehead atoms. The molecule has 0 atom stereocenters. The Morgan fingerprint density at radius 2 is 1.77 bits per heavy atom. The molecule has 0 radical (unpaired) electrons. The molecule has 1 aliphatic rings. The van der Waals surface area contributed by atoms with Crippen molar-refractivity contribution in [1.82, 2.24) is 10.3 Å². The van der Waals surface area contributed by atoms with Gasteiger partial charge in [0, 0.05) is 22.0 Å². The minimum atomic E-state index is -0.539. The van der Waals surface area contributed by atoms with Gasteiger partial charge in [-0.2, -0.15) is 0 Å². The maximum Gasteiger partial charge on any atom is 0.339 e. The van der Waals surface area contributed by atoms with E-state index in [1.165, 1.54) is 6.42 Å². The van der Waals surface area contributed by atoms with E-state index in [0.29, 0.717) is 27.2 Å². The van der Waals surface area contributed by atoms with Crippen molar-refractivity contribution < 1.29 is 14.3 Å². The smallest absolute Gasteiger partial charge is 0.339 e. The van der Waals surface area contributed by atoms with E-state index in [2.05, 4.69) is 10.3 Å². The van der Waals surface area contributed by atoms with Crippen LogP contribution in [0.5, 0.6) is 0 Å². The molecule has 3 aromatic rings. The lowest BCUT2D eigenvalue weighted by Crippen LogP contribution is -2.38. The molecule has 0 spiro atoms. The summed E-state index contributed by atoms with van der Waals surface area (Å²) < 4.78 is 5.35. The third-order valence-corrected chi connectivity index (χ3v) is 5.63. The lowest BCUT2D eigenvalue weighted by Gasteiger charge is -2.22. The van der Waals surface area contributed by atoms with E-state index < -0.39 is 5.97 Å². The molecule has 0 unspecified atom stereocenters. The van der Waals surface area contributed by atoms with E-state index in [-0.39, 0.29) is 18.6 Å². The fraction of sp³-hybridized carbons (Fsp3) is 0.292. The largest absolute Gasteiger partial charge is 0.452 e. The van der Waals surface area contributed by atoms with Crippen LogP contribution in [0.3, 0.4) is 0 Å². The molecule has 0 saturated heterocycles. The molecule has 1 aliphatic carbocycles. The van der Waals surface area contributed by atoms with Gasteiger partial charge in [-0.25, -0.2) is 9.78 Å². The molecule has 5 nitrogen and oxygen atoms in total. The molecule has 154 valence electrons. The molecule has 4 rings (SSSR count). The van der Waals surface area contributed by atoms with Crippen molar-refractivity contribution >= 4 is 34.4 Å². The highest BCUT2D eigenvalue weighted by atomic mass is 35.5. The first kappa shape index (κ1) is 20.4. The van der Waals surface area contributed by atoms with E-state index >= 15 is 0 Å². The third kappa shape index (κ3) is 4.79. The second kappa shape index (κ2) is 9.26. The lowest BCUT2D eigenvalue weighted by atomic mass is 9.95. The summed E-state index contributed by atoms with van der Waals surface area (Å²) in [4.78, 5) is 29.7. The van der Waals surface area contributed by atoms with Crippen molar-refractivity contribution in [3.05, 3.63) is 65.2 Å². The zero-order chi connectivity index (χ0) is 20.9. The highest BCUT2D eigenvalue weighted by Gasteiger charge is 2.19. The Morgan fingerprint density at radius 3 is 2.53 bits per heavy atom. The van der Waals surface area contributed by atoms with Crippen LogP contribution in [0.4, 0.5) is 0 Å². The number of benzene rings is 2. The predicted octanol–water partition coefficient (Wildman–Crippen LogP) is 5.16. The Hall–Kier alpha value is -2.92. The van der Waals surface area contributed by atoms with Crippen molar-refractivity contribution in [3.63, 3.8) is 0 Å².